The van der Waals surface area contributed by atoms with E-state index in [1.807, 2.05) is 20.8 Å². The number of nitrogens with zero attached hydrogens (tertiary/aromatic N) is 2. The Morgan fingerprint density at radius 2 is 1.76 bits per heavy atom. The number of rotatable bonds is 8. The summed E-state index contributed by atoms with van der Waals surface area (Å²) in [5, 5.41) is 7.69. The second-order valence-electron chi connectivity index (χ2n) is 4.20. The predicted octanol–water partition coefficient (Wildman–Crippen LogP) is 1.73. The highest BCUT2D eigenvalue weighted by atomic mass is 28.1. The Morgan fingerprint density at radius 3 is 2.33 bits per heavy atom. The number of azo groups is 1. The van der Waals surface area contributed by atoms with Gasteiger partial charge in [-0.1, -0.05) is 12.1 Å². The van der Waals surface area contributed by atoms with Crippen LogP contribution >= 0.6 is 0 Å². The molecule has 0 bridgehead atoms. The highest BCUT2D eigenvalue weighted by Crippen LogP contribution is 2.20. The van der Waals surface area contributed by atoms with E-state index in [4.69, 9.17) is 14.2 Å². The van der Waals surface area contributed by atoms with Gasteiger partial charge in [0.05, 0.1) is 12.2 Å². The van der Waals surface area contributed by atoms with Crippen LogP contribution in [-0.4, -0.2) is 41.5 Å². The number of benzene rings is 1. The first kappa shape index (κ1) is 17.5. The molecule has 21 heavy (non-hydrogen) atoms. The molecule has 1 rings (SSSR count). The summed E-state index contributed by atoms with van der Waals surface area (Å²) >= 11 is 0. The van der Waals surface area contributed by atoms with Gasteiger partial charge in [-0.05, 0) is 32.9 Å². The number of amides is 1. The SMILES string of the molecule is CCOc1ccccc1C(=O)N=NC([SiH3])(OCC)OCC. The Labute approximate surface area is 127 Å². The van der Waals surface area contributed by atoms with Gasteiger partial charge in [-0.25, -0.2) is 0 Å². The van der Waals surface area contributed by atoms with E-state index in [-0.39, 0.29) is 0 Å². The van der Waals surface area contributed by atoms with Gasteiger partial charge in [-0.15, -0.1) is 10.2 Å². The first-order chi connectivity index (χ1) is 10.1. The van der Waals surface area contributed by atoms with Gasteiger partial charge in [-0.2, -0.15) is 0 Å². The minimum atomic E-state index is -1.11. The van der Waals surface area contributed by atoms with Crippen LogP contribution in [0.15, 0.2) is 34.5 Å². The number of hydrogen-bond acceptors (Lipinski definition) is 5. The molecule has 0 atom stereocenters. The van der Waals surface area contributed by atoms with Crippen LogP contribution in [0.2, 0.25) is 0 Å². The van der Waals surface area contributed by atoms with Gasteiger partial charge in [0.15, 0.2) is 0 Å². The van der Waals surface area contributed by atoms with E-state index in [1.54, 1.807) is 24.3 Å². The summed E-state index contributed by atoms with van der Waals surface area (Å²) < 4.78 is 16.3. The zero-order valence-corrected chi connectivity index (χ0v) is 15.0. The quantitative estimate of drug-likeness (QED) is 0.416. The van der Waals surface area contributed by atoms with Crippen molar-refractivity contribution in [3.8, 4) is 5.75 Å². The van der Waals surface area contributed by atoms with Crippen LogP contribution in [0, 0.1) is 0 Å². The van der Waals surface area contributed by atoms with Gasteiger partial charge in [0.1, 0.15) is 16.0 Å². The first-order valence-electron chi connectivity index (χ1n) is 7.03. The van der Waals surface area contributed by atoms with Gasteiger partial charge in [0.25, 0.3) is 11.4 Å². The molecule has 0 aromatic heterocycles. The van der Waals surface area contributed by atoms with Crippen molar-refractivity contribution in [1.29, 1.82) is 0 Å². The van der Waals surface area contributed by atoms with E-state index in [0.717, 1.165) is 0 Å². The molecule has 0 N–H and O–H groups in total. The van der Waals surface area contributed by atoms with Crippen LogP contribution < -0.4 is 4.74 Å². The molecule has 0 fully saturated rings. The summed E-state index contributed by atoms with van der Waals surface area (Å²) in [6.07, 6.45) is 0. The topological polar surface area (TPSA) is 69.5 Å². The van der Waals surface area contributed by atoms with Gasteiger partial charge < -0.3 is 14.2 Å². The molecule has 0 aliphatic heterocycles. The molecule has 0 saturated heterocycles. The lowest BCUT2D eigenvalue weighted by atomic mass is 10.2. The van der Waals surface area contributed by atoms with Gasteiger partial charge in [0, 0.05) is 13.2 Å². The molecule has 0 saturated carbocycles. The van der Waals surface area contributed by atoms with E-state index in [0.29, 0.717) is 41.4 Å². The molecule has 0 aliphatic rings. The van der Waals surface area contributed by atoms with E-state index in [9.17, 15) is 4.79 Å². The third-order valence-electron chi connectivity index (χ3n) is 2.56. The highest BCUT2D eigenvalue weighted by Gasteiger charge is 2.24. The molecule has 1 amide bonds. The Balaban J connectivity index is 2.91. The Hall–Kier alpha value is -1.57. The molecule has 116 valence electrons. The van der Waals surface area contributed by atoms with Crippen molar-refractivity contribution >= 4 is 16.1 Å². The molecular formula is C14H22N2O4Si. The van der Waals surface area contributed by atoms with Crippen molar-refractivity contribution in [3.05, 3.63) is 29.8 Å². The van der Waals surface area contributed by atoms with Crippen LogP contribution in [0.1, 0.15) is 31.1 Å². The maximum Gasteiger partial charge on any atom is 0.298 e. The molecule has 0 radical (unpaired) electrons. The van der Waals surface area contributed by atoms with Crippen LogP contribution in [0.5, 0.6) is 5.75 Å². The summed E-state index contributed by atoms with van der Waals surface area (Å²) in [4.78, 5) is 12.2. The molecule has 0 aliphatic carbocycles. The molecule has 0 heterocycles. The number of para-hydroxylation sites is 1. The average molecular weight is 310 g/mol. The fourth-order valence-corrected chi connectivity index (χ4v) is 2.43. The third-order valence-corrected chi connectivity index (χ3v) is 3.34. The average Bonchev–Trinajstić information content (AvgIpc) is 2.46. The van der Waals surface area contributed by atoms with E-state index in [2.05, 4.69) is 10.2 Å². The molecular weight excluding hydrogens is 288 g/mol. The fourth-order valence-electron chi connectivity index (χ4n) is 1.75. The van der Waals surface area contributed by atoms with Crippen LogP contribution in [0.4, 0.5) is 0 Å². The lowest BCUT2D eigenvalue weighted by Gasteiger charge is -2.23. The maximum atomic E-state index is 12.2. The standard InChI is InChI=1S/C14H22N2O4Si/c1-4-18-12-10-8-7-9-11(12)13(17)15-16-14(21,19-5-2)20-6-3/h7-10H,4-6H2,1-3,21H3. The highest BCUT2D eigenvalue weighted by molar-refractivity contribution is 6.13. The molecule has 1 aromatic rings. The zero-order chi connectivity index (χ0) is 15.7. The molecule has 1 aromatic carbocycles. The number of carbonyl (C=O) groups is 1. The minimum Gasteiger partial charge on any atom is -0.493 e. The summed E-state index contributed by atoms with van der Waals surface area (Å²) in [7, 11) is 0.467. The number of hydrogen-bond donors (Lipinski definition) is 0. The van der Waals surface area contributed by atoms with Crippen molar-refractivity contribution in [1.82, 2.24) is 0 Å². The number of carbonyl (C=O) groups excluding carboxylic acids is 1. The lowest BCUT2D eigenvalue weighted by molar-refractivity contribution is -0.170. The van der Waals surface area contributed by atoms with Gasteiger partial charge in [-0.3, -0.25) is 4.79 Å². The maximum absolute atomic E-state index is 12.2. The molecule has 0 spiro atoms. The van der Waals surface area contributed by atoms with E-state index < -0.39 is 11.4 Å². The second-order valence-corrected chi connectivity index (χ2v) is 5.46. The lowest BCUT2D eigenvalue weighted by Crippen LogP contribution is -2.34. The smallest absolute Gasteiger partial charge is 0.298 e. The molecule has 0 unspecified atom stereocenters. The van der Waals surface area contributed by atoms with Crippen molar-refractivity contribution in [2.45, 2.75) is 26.3 Å². The Morgan fingerprint density at radius 1 is 1.14 bits per heavy atom. The van der Waals surface area contributed by atoms with Crippen LogP contribution in [0.3, 0.4) is 0 Å². The minimum absolute atomic E-state index is 0.375. The molecule has 6 nitrogen and oxygen atoms in total. The summed E-state index contributed by atoms with van der Waals surface area (Å²) in [5.74, 6) is 0.0226. The van der Waals surface area contributed by atoms with Crippen LogP contribution in [0.25, 0.3) is 0 Å². The third kappa shape index (κ3) is 5.37. The fraction of sp³-hybridized carbons (Fsp3) is 0.500. The summed E-state index contributed by atoms with van der Waals surface area (Å²) in [5.41, 5.74) is -0.736. The van der Waals surface area contributed by atoms with E-state index >= 15 is 0 Å². The van der Waals surface area contributed by atoms with Crippen molar-refractivity contribution in [3.63, 3.8) is 0 Å². The Bertz CT molecular complexity index is 488. The van der Waals surface area contributed by atoms with Crippen molar-refractivity contribution in [2.24, 2.45) is 10.2 Å². The monoisotopic (exact) mass is 310 g/mol. The van der Waals surface area contributed by atoms with E-state index in [1.165, 1.54) is 0 Å². The predicted molar refractivity (Wildman–Crippen MR) is 82.7 cm³/mol. The first-order valence-corrected chi connectivity index (χ1v) is 8.03. The zero-order valence-electron chi connectivity index (χ0n) is 13.0. The van der Waals surface area contributed by atoms with Crippen LogP contribution in [-0.2, 0) is 9.47 Å². The second kappa shape index (κ2) is 8.66. The van der Waals surface area contributed by atoms with Gasteiger partial charge >= 0.3 is 0 Å². The number of ether oxygens (including phenoxy) is 3. The molecule has 7 heteroatoms. The summed E-state index contributed by atoms with van der Waals surface area (Å²) in [6.45, 7) is 6.89. The Kier molecular flexibility index (Phi) is 7.20. The van der Waals surface area contributed by atoms with Crippen molar-refractivity contribution < 1.29 is 19.0 Å². The van der Waals surface area contributed by atoms with Gasteiger partial charge in [0.2, 0.25) is 0 Å². The largest absolute Gasteiger partial charge is 0.493 e. The van der Waals surface area contributed by atoms with Crippen molar-refractivity contribution in [2.75, 3.05) is 19.8 Å². The summed E-state index contributed by atoms with van der Waals surface area (Å²) in [6, 6.07) is 6.94. The normalized spacial score (nSPS) is 12.0.